The fourth-order valence-corrected chi connectivity index (χ4v) is 5.35. The number of likely N-dealkylation sites (tertiary alicyclic amines) is 1. The minimum atomic E-state index is -2.74. The first-order valence-electron chi connectivity index (χ1n) is 13.7. The molecule has 0 aliphatic carbocycles. The van der Waals surface area contributed by atoms with Crippen molar-refractivity contribution in [2.45, 2.75) is 50.0 Å². The van der Waals surface area contributed by atoms with Gasteiger partial charge in [-0.15, -0.1) is 0 Å². The fraction of sp³-hybridized carbons (Fsp3) is 0.536. The van der Waals surface area contributed by atoms with E-state index in [0.717, 1.165) is 37.1 Å². The van der Waals surface area contributed by atoms with Crippen LogP contribution in [0.4, 0.5) is 4.39 Å². The van der Waals surface area contributed by atoms with Crippen molar-refractivity contribution in [1.29, 1.82) is 0 Å². The summed E-state index contributed by atoms with van der Waals surface area (Å²) < 4.78 is 21.8. The molecule has 5 N–H and O–H groups in total. The van der Waals surface area contributed by atoms with E-state index in [4.69, 9.17) is 25.2 Å². The monoisotopic (exact) mass is 608 g/mol. The third-order valence-corrected chi connectivity index (χ3v) is 7.62. The van der Waals surface area contributed by atoms with Gasteiger partial charge >= 0.3 is 17.9 Å². The predicted octanol–water partition coefficient (Wildman–Crippen LogP) is 0.362. The molecule has 4 rings (SSSR count). The Bertz CT molecular complexity index is 1260. The molecule has 14 nitrogen and oxygen atoms in total. The number of likely N-dealkylation sites (N-methyl/N-ethyl adjacent to an activating group) is 1. The maximum atomic E-state index is 13.8. The van der Waals surface area contributed by atoms with Crippen molar-refractivity contribution < 1.29 is 53.8 Å². The van der Waals surface area contributed by atoms with Crippen LogP contribution in [0.15, 0.2) is 36.7 Å². The van der Waals surface area contributed by atoms with Crippen LogP contribution in [0.2, 0.25) is 0 Å². The molecule has 1 aromatic heterocycles. The Hall–Kier alpha value is -3.92. The number of amides is 1. The number of benzene rings is 1. The zero-order chi connectivity index (χ0) is 31.8. The summed E-state index contributed by atoms with van der Waals surface area (Å²) in [7, 11) is 1.72. The number of ether oxygens (including phenoxy) is 1. The second-order valence-electron chi connectivity index (χ2n) is 10.8. The number of aliphatic carboxylic acids is 3. The lowest BCUT2D eigenvalue weighted by Gasteiger charge is -2.40. The first-order chi connectivity index (χ1) is 20.3. The molecule has 0 radical (unpaired) electrons. The molecule has 1 unspecified atom stereocenters. The van der Waals surface area contributed by atoms with Gasteiger partial charge in [0.2, 0.25) is 5.91 Å². The highest BCUT2D eigenvalue weighted by atomic mass is 19.1. The van der Waals surface area contributed by atoms with Crippen LogP contribution in [0.25, 0.3) is 0 Å². The number of fused-ring (bicyclic) bond motifs is 2. The van der Waals surface area contributed by atoms with E-state index in [1.807, 2.05) is 18.3 Å². The average molecular weight is 609 g/mol. The number of piperidine rings is 1. The summed E-state index contributed by atoms with van der Waals surface area (Å²) in [6.45, 7) is 3.45. The van der Waals surface area contributed by atoms with Gasteiger partial charge in [0.1, 0.15) is 5.82 Å². The summed E-state index contributed by atoms with van der Waals surface area (Å²) in [4.78, 5) is 47.3. The van der Waals surface area contributed by atoms with Gasteiger partial charge in [-0.25, -0.2) is 9.18 Å². The average Bonchev–Trinajstić information content (AvgIpc) is 3.57. The minimum absolute atomic E-state index is 0.00405. The lowest BCUT2D eigenvalue weighted by molar-refractivity contribution is -0.170. The van der Waals surface area contributed by atoms with Crippen molar-refractivity contribution in [3.05, 3.63) is 53.6 Å². The summed E-state index contributed by atoms with van der Waals surface area (Å²) in [6, 6.07) is 6.77. The SMILES string of the molecule is CN(CCO)C(=O)C(CN1CCC2(CC1)OCc1ccc(F)cc12)Cn1cccn1.O=C(O)CC(O)(CC(=O)O)C(=O)O. The van der Waals surface area contributed by atoms with Gasteiger partial charge in [0.15, 0.2) is 5.60 Å². The quantitative estimate of drug-likeness (QED) is 0.222. The number of aliphatic hydroxyl groups is 2. The van der Waals surface area contributed by atoms with Crippen LogP contribution in [-0.2, 0) is 42.7 Å². The molecule has 3 heterocycles. The molecule has 43 heavy (non-hydrogen) atoms. The topological polar surface area (TPSA) is 203 Å². The molecule has 1 amide bonds. The molecule has 0 saturated carbocycles. The van der Waals surface area contributed by atoms with Crippen molar-refractivity contribution in [2.75, 3.05) is 39.8 Å². The van der Waals surface area contributed by atoms with Crippen LogP contribution < -0.4 is 0 Å². The van der Waals surface area contributed by atoms with E-state index < -0.39 is 42.0 Å². The molecule has 236 valence electrons. The maximum Gasteiger partial charge on any atom is 0.336 e. The molecule has 1 spiro atoms. The molecular weight excluding hydrogens is 571 g/mol. The third-order valence-electron chi connectivity index (χ3n) is 7.62. The van der Waals surface area contributed by atoms with Gasteiger partial charge in [-0.2, -0.15) is 5.10 Å². The number of carbonyl (C=O) groups excluding carboxylic acids is 1. The number of carbonyl (C=O) groups is 4. The number of hydrogen-bond acceptors (Lipinski definition) is 9. The number of nitrogens with zero attached hydrogens (tertiary/aromatic N) is 4. The van der Waals surface area contributed by atoms with Crippen LogP contribution >= 0.6 is 0 Å². The van der Waals surface area contributed by atoms with Crippen LogP contribution in [0, 0.1) is 11.7 Å². The minimum Gasteiger partial charge on any atom is -0.481 e. The van der Waals surface area contributed by atoms with Gasteiger partial charge in [-0.05, 0) is 42.2 Å². The second-order valence-corrected chi connectivity index (χ2v) is 10.8. The van der Waals surface area contributed by atoms with Gasteiger partial charge < -0.3 is 40.1 Å². The smallest absolute Gasteiger partial charge is 0.336 e. The van der Waals surface area contributed by atoms with Crippen LogP contribution in [0.1, 0.15) is 36.8 Å². The number of aromatic nitrogens is 2. The lowest BCUT2D eigenvalue weighted by atomic mass is 9.83. The Kier molecular flexibility index (Phi) is 11.3. The molecule has 2 aromatic rings. The molecular formula is C28H37FN4O10. The Balaban J connectivity index is 0.000000331. The normalized spacial score (nSPS) is 16.6. The molecule has 15 heteroatoms. The Morgan fingerprint density at radius 3 is 2.30 bits per heavy atom. The Labute approximate surface area is 246 Å². The third kappa shape index (κ3) is 8.79. The second kappa shape index (κ2) is 14.5. The molecule has 2 aliphatic rings. The van der Waals surface area contributed by atoms with Crippen LogP contribution in [0.5, 0.6) is 0 Å². The summed E-state index contributed by atoms with van der Waals surface area (Å²) >= 11 is 0. The highest BCUT2D eigenvalue weighted by Gasteiger charge is 2.43. The van der Waals surface area contributed by atoms with E-state index in [9.17, 15) is 28.7 Å². The lowest BCUT2D eigenvalue weighted by Crippen LogP contribution is -2.47. The highest BCUT2D eigenvalue weighted by Crippen LogP contribution is 2.44. The van der Waals surface area contributed by atoms with Crippen molar-refractivity contribution in [3.63, 3.8) is 0 Å². The van der Waals surface area contributed by atoms with Crippen LogP contribution in [0.3, 0.4) is 0 Å². The van der Waals surface area contributed by atoms with E-state index >= 15 is 0 Å². The number of carboxylic acid groups (broad SMARTS) is 3. The molecule has 1 saturated heterocycles. The van der Waals surface area contributed by atoms with E-state index in [2.05, 4.69) is 10.00 Å². The molecule has 0 bridgehead atoms. The number of hydrogen-bond donors (Lipinski definition) is 5. The summed E-state index contributed by atoms with van der Waals surface area (Å²) in [6.07, 6.45) is 2.83. The molecule has 1 fully saturated rings. The van der Waals surface area contributed by atoms with Gasteiger partial charge in [0.05, 0.1) is 44.1 Å². The van der Waals surface area contributed by atoms with E-state index in [-0.39, 0.29) is 24.2 Å². The summed E-state index contributed by atoms with van der Waals surface area (Å²) in [5.41, 5.74) is -1.10. The fourth-order valence-electron chi connectivity index (χ4n) is 5.35. The Morgan fingerprint density at radius 1 is 1.12 bits per heavy atom. The molecule has 2 aliphatic heterocycles. The first kappa shape index (κ1) is 33.6. The zero-order valence-electron chi connectivity index (χ0n) is 23.8. The first-order valence-corrected chi connectivity index (χ1v) is 13.7. The van der Waals surface area contributed by atoms with Gasteiger partial charge in [-0.1, -0.05) is 6.07 Å². The van der Waals surface area contributed by atoms with Crippen molar-refractivity contribution in [2.24, 2.45) is 5.92 Å². The predicted molar refractivity (Wildman–Crippen MR) is 146 cm³/mol. The van der Waals surface area contributed by atoms with Gasteiger partial charge in [0, 0.05) is 45.6 Å². The van der Waals surface area contributed by atoms with Crippen molar-refractivity contribution in [3.8, 4) is 0 Å². The van der Waals surface area contributed by atoms with E-state index in [1.165, 1.54) is 6.07 Å². The Morgan fingerprint density at radius 2 is 1.77 bits per heavy atom. The molecule has 1 atom stereocenters. The highest BCUT2D eigenvalue weighted by molar-refractivity contribution is 5.88. The number of carboxylic acids is 3. The van der Waals surface area contributed by atoms with E-state index in [1.54, 1.807) is 28.9 Å². The van der Waals surface area contributed by atoms with Crippen molar-refractivity contribution >= 4 is 23.8 Å². The van der Waals surface area contributed by atoms with E-state index in [0.29, 0.717) is 26.2 Å². The number of rotatable bonds is 12. The largest absolute Gasteiger partial charge is 0.481 e. The van der Waals surface area contributed by atoms with Crippen molar-refractivity contribution in [1.82, 2.24) is 19.6 Å². The standard InChI is InChI=1S/C22H29FN4O3.C6H8O7/c1-25(11-12-28)21(29)18(15-27-8-2-7-24-27)14-26-9-5-22(6-10-26)20-13-19(23)4-3-17(20)16-30-22;7-3(8)1-6(13,5(11)12)2-4(9)10/h2-4,7-8,13,18,28H,5-6,9-12,14-16H2,1H3;13H,1-2H2,(H,7,8)(H,9,10)(H,11,12). The summed E-state index contributed by atoms with van der Waals surface area (Å²) in [5.74, 6) is -5.50. The zero-order valence-corrected chi connectivity index (χ0v) is 23.8. The number of halogens is 1. The number of aliphatic hydroxyl groups excluding tert-OH is 1. The summed E-state index contributed by atoms with van der Waals surface area (Å²) in [5, 5.41) is 47.3. The molecule has 1 aromatic carbocycles. The van der Waals surface area contributed by atoms with Crippen LogP contribution in [-0.4, -0.2) is 114 Å². The van der Waals surface area contributed by atoms with Gasteiger partial charge in [-0.3, -0.25) is 19.1 Å². The maximum absolute atomic E-state index is 13.8. The van der Waals surface area contributed by atoms with Gasteiger partial charge in [0.25, 0.3) is 0 Å².